The standard InChI is InChI=1S/C17H24O5/c1-5-14-6-8-15(9-7-14)10-20-16(19)22-12-17(3,4)11-21-13(2)18/h6-9H,5,10-12H2,1-4H3. The average Bonchev–Trinajstić information content (AvgIpc) is 2.49. The molecule has 0 bridgehead atoms. The molecule has 1 aromatic carbocycles. The molecule has 5 heteroatoms. The van der Waals surface area contributed by atoms with E-state index in [9.17, 15) is 9.59 Å². The zero-order chi connectivity index (χ0) is 16.6. The van der Waals surface area contributed by atoms with E-state index in [-0.39, 0.29) is 25.8 Å². The zero-order valence-corrected chi connectivity index (χ0v) is 13.7. The van der Waals surface area contributed by atoms with Crippen LogP contribution in [-0.4, -0.2) is 25.3 Å². The molecule has 0 heterocycles. The Kier molecular flexibility index (Phi) is 6.89. The van der Waals surface area contributed by atoms with Crippen molar-refractivity contribution in [2.45, 2.75) is 40.7 Å². The summed E-state index contributed by atoms with van der Waals surface area (Å²) in [5, 5.41) is 0. The molecule has 0 radical (unpaired) electrons. The third-order valence-corrected chi connectivity index (χ3v) is 3.03. The van der Waals surface area contributed by atoms with Crippen molar-refractivity contribution in [3.63, 3.8) is 0 Å². The fourth-order valence-corrected chi connectivity index (χ4v) is 1.65. The van der Waals surface area contributed by atoms with Gasteiger partial charge in [-0.3, -0.25) is 4.79 Å². The Morgan fingerprint density at radius 2 is 1.50 bits per heavy atom. The van der Waals surface area contributed by atoms with Crippen molar-refractivity contribution in [1.29, 1.82) is 0 Å². The molecule has 0 fully saturated rings. The predicted molar refractivity (Wildman–Crippen MR) is 82.4 cm³/mol. The first-order valence-corrected chi connectivity index (χ1v) is 7.33. The van der Waals surface area contributed by atoms with Crippen molar-refractivity contribution in [2.75, 3.05) is 13.2 Å². The minimum Gasteiger partial charge on any atom is -0.465 e. The fraction of sp³-hybridized carbons (Fsp3) is 0.529. The highest BCUT2D eigenvalue weighted by molar-refractivity contribution is 5.65. The molecule has 22 heavy (non-hydrogen) atoms. The number of hydrogen-bond donors (Lipinski definition) is 0. The lowest BCUT2D eigenvalue weighted by Gasteiger charge is -2.22. The smallest absolute Gasteiger partial charge is 0.465 e. The molecule has 0 spiro atoms. The highest BCUT2D eigenvalue weighted by atomic mass is 16.7. The van der Waals surface area contributed by atoms with Crippen LogP contribution in [0.15, 0.2) is 24.3 Å². The van der Waals surface area contributed by atoms with Crippen molar-refractivity contribution in [2.24, 2.45) is 5.41 Å². The molecule has 0 saturated carbocycles. The molecule has 0 aromatic heterocycles. The molecule has 1 rings (SSSR count). The van der Waals surface area contributed by atoms with Crippen molar-refractivity contribution < 1.29 is 23.8 Å². The van der Waals surface area contributed by atoms with Crippen molar-refractivity contribution >= 4 is 12.1 Å². The van der Waals surface area contributed by atoms with Crippen LogP contribution in [0.25, 0.3) is 0 Å². The molecule has 0 atom stereocenters. The Morgan fingerprint density at radius 3 is 2.05 bits per heavy atom. The minimum absolute atomic E-state index is 0.119. The van der Waals surface area contributed by atoms with Gasteiger partial charge in [-0.15, -0.1) is 0 Å². The van der Waals surface area contributed by atoms with Crippen LogP contribution in [0.5, 0.6) is 0 Å². The summed E-state index contributed by atoms with van der Waals surface area (Å²) in [5.74, 6) is -0.355. The Labute approximate surface area is 131 Å². The summed E-state index contributed by atoms with van der Waals surface area (Å²) in [6.45, 7) is 7.59. The number of carbonyl (C=O) groups excluding carboxylic acids is 2. The summed E-state index contributed by atoms with van der Waals surface area (Å²) in [5.41, 5.74) is 1.69. The molecule has 0 unspecified atom stereocenters. The highest BCUT2D eigenvalue weighted by Crippen LogP contribution is 2.16. The molecular weight excluding hydrogens is 284 g/mol. The van der Waals surface area contributed by atoms with E-state index in [0.717, 1.165) is 12.0 Å². The lowest BCUT2D eigenvalue weighted by Crippen LogP contribution is -2.28. The summed E-state index contributed by atoms with van der Waals surface area (Å²) < 4.78 is 15.0. The molecule has 0 N–H and O–H groups in total. The normalized spacial score (nSPS) is 10.9. The van der Waals surface area contributed by atoms with E-state index < -0.39 is 11.6 Å². The maximum atomic E-state index is 11.6. The molecule has 0 aliphatic heterocycles. The number of rotatable bonds is 7. The van der Waals surface area contributed by atoms with Gasteiger partial charge in [-0.2, -0.15) is 0 Å². The molecule has 5 nitrogen and oxygen atoms in total. The fourth-order valence-electron chi connectivity index (χ4n) is 1.65. The van der Waals surface area contributed by atoms with Gasteiger partial charge in [0.05, 0.1) is 6.61 Å². The van der Waals surface area contributed by atoms with Crippen LogP contribution in [0, 0.1) is 5.41 Å². The Bertz CT molecular complexity index is 490. The van der Waals surface area contributed by atoms with Crippen LogP contribution >= 0.6 is 0 Å². The second-order valence-corrected chi connectivity index (χ2v) is 5.94. The van der Waals surface area contributed by atoms with Gasteiger partial charge in [0.25, 0.3) is 0 Å². The van der Waals surface area contributed by atoms with Crippen LogP contribution < -0.4 is 0 Å². The van der Waals surface area contributed by atoms with Crippen LogP contribution in [-0.2, 0) is 32.0 Å². The van der Waals surface area contributed by atoms with Crippen molar-refractivity contribution in [3.8, 4) is 0 Å². The molecule has 0 aliphatic carbocycles. The number of aryl methyl sites for hydroxylation is 1. The summed E-state index contributed by atoms with van der Waals surface area (Å²) in [6.07, 6.45) is 0.246. The topological polar surface area (TPSA) is 61.8 Å². The van der Waals surface area contributed by atoms with Gasteiger partial charge in [-0.25, -0.2) is 4.79 Å². The first-order chi connectivity index (χ1) is 10.3. The second kappa shape index (κ2) is 8.41. The number of carbonyl (C=O) groups is 2. The molecule has 1 aromatic rings. The first-order valence-electron chi connectivity index (χ1n) is 7.33. The second-order valence-electron chi connectivity index (χ2n) is 5.94. The third kappa shape index (κ3) is 7.11. The summed E-state index contributed by atoms with van der Waals surface area (Å²) in [6, 6.07) is 7.87. The number of ether oxygens (including phenoxy) is 3. The SMILES string of the molecule is CCc1ccc(COC(=O)OCC(C)(C)COC(C)=O)cc1. The lowest BCUT2D eigenvalue weighted by atomic mass is 9.96. The van der Waals surface area contributed by atoms with E-state index in [2.05, 4.69) is 6.92 Å². The van der Waals surface area contributed by atoms with Gasteiger partial charge in [0.2, 0.25) is 0 Å². The van der Waals surface area contributed by atoms with Gasteiger partial charge < -0.3 is 14.2 Å². The van der Waals surface area contributed by atoms with E-state index in [1.807, 2.05) is 38.1 Å². The Balaban J connectivity index is 2.31. The third-order valence-electron chi connectivity index (χ3n) is 3.03. The van der Waals surface area contributed by atoms with Gasteiger partial charge in [-0.1, -0.05) is 45.0 Å². The molecular formula is C17H24O5. The van der Waals surface area contributed by atoms with E-state index in [1.54, 1.807) is 0 Å². The van der Waals surface area contributed by atoms with Gasteiger partial charge in [0.1, 0.15) is 13.2 Å². The van der Waals surface area contributed by atoms with Crippen molar-refractivity contribution in [1.82, 2.24) is 0 Å². The van der Waals surface area contributed by atoms with Crippen molar-refractivity contribution in [3.05, 3.63) is 35.4 Å². The maximum Gasteiger partial charge on any atom is 0.508 e. The number of hydrogen-bond acceptors (Lipinski definition) is 5. The van der Waals surface area contributed by atoms with Crippen LogP contribution in [0.1, 0.15) is 38.8 Å². The van der Waals surface area contributed by atoms with Crippen LogP contribution in [0.4, 0.5) is 4.79 Å². The zero-order valence-electron chi connectivity index (χ0n) is 13.7. The largest absolute Gasteiger partial charge is 0.508 e. The minimum atomic E-state index is -0.726. The molecule has 0 aliphatic rings. The van der Waals surface area contributed by atoms with E-state index in [1.165, 1.54) is 12.5 Å². The summed E-state index contributed by atoms with van der Waals surface area (Å²) >= 11 is 0. The number of esters is 1. The lowest BCUT2D eigenvalue weighted by molar-refractivity contribution is -0.144. The van der Waals surface area contributed by atoms with Crippen LogP contribution in [0.3, 0.4) is 0 Å². The highest BCUT2D eigenvalue weighted by Gasteiger charge is 2.22. The van der Waals surface area contributed by atoms with E-state index in [4.69, 9.17) is 14.2 Å². The Morgan fingerprint density at radius 1 is 0.955 bits per heavy atom. The molecule has 0 saturated heterocycles. The monoisotopic (exact) mass is 308 g/mol. The van der Waals surface area contributed by atoms with Crippen LogP contribution in [0.2, 0.25) is 0 Å². The molecule has 122 valence electrons. The summed E-state index contributed by atoms with van der Waals surface area (Å²) in [4.78, 5) is 22.4. The van der Waals surface area contributed by atoms with E-state index in [0.29, 0.717) is 0 Å². The van der Waals surface area contributed by atoms with Gasteiger partial charge in [-0.05, 0) is 17.5 Å². The van der Waals surface area contributed by atoms with Gasteiger partial charge in [0.15, 0.2) is 0 Å². The number of benzene rings is 1. The van der Waals surface area contributed by atoms with E-state index >= 15 is 0 Å². The summed E-state index contributed by atoms with van der Waals surface area (Å²) in [7, 11) is 0. The van der Waals surface area contributed by atoms with Gasteiger partial charge in [0, 0.05) is 12.3 Å². The Hall–Kier alpha value is -2.04. The average molecular weight is 308 g/mol. The molecule has 0 amide bonds. The predicted octanol–water partition coefficient (Wildman–Crippen LogP) is 3.49. The van der Waals surface area contributed by atoms with Gasteiger partial charge >= 0.3 is 12.1 Å². The maximum absolute atomic E-state index is 11.6. The quantitative estimate of drug-likeness (QED) is 0.722. The first kappa shape index (κ1) is 18.0.